The van der Waals surface area contributed by atoms with Crippen LogP contribution in [0.15, 0.2) is 18.2 Å². The molecule has 0 aliphatic rings. The molecular weight excluding hydrogens is 254 g/mol. The van der Waals surface area contributed by atoms with E-state index in [9.17, 15) is 4.21 Å². The summed E-state index contributed by atoms with van der Waals surface area (Å²) in [4.78, 5) is 0. The molecule has 0 aliphatic carbocycles. The number of benzene rings is 1. The summed E-state index contributed by atoms with van der Waals surface area (Å²) in [5, 5.41) is 3.46. The molecule has 0 radical (unpaired) electrons. The van der Waals surface area contributed by atoms with Gasteiger partial charge in [0.25, 0.3) is 0 Å². The van der Waals surface area contributed by atoms with Crippen molar-refractivity contribution in [2.24, 2.45) is 0 Å². The number of nitrogens with one attached hydrogen (secondary N) is 1. The molecule has 108 valence electrons. The van der Waals surface area contributed by atoms with Crippen LogP contribution < -0.4 is 5.32 Å². The molecule has 0 heterocycles. The topological polar surface area (TPSA) is 29.1 Å². The van der Waals surface area contributed by atoms with E-state index in [4.69, 9.17) is 0 Å². The van der Waals surface area contributed by atoms with Crippen molar-refractivity contribution in [1.29, 1.82) is 0 Å². The number of aryl methyl sites for hydroxylation is 2. The molecule has 2 atom stereocenters. The summed E-state index contributed by atoms with van der Waals surface area (Å²) in [7, 11) is -0.845. The van der Waals surface area contributed by atoms with Crippen LogP contribution in [-0.4, -0.2) is 21.3 Å². The second kappa shape index (κ2) is 6.67. The Bertz CT molecular complexity index is 428. The van der Waals surface area contributed by atoms with E-state index in [1.807, 2.05) is 20.8 Å². The van der Waals surface area contributed by atoms with E-state index < -0.39 is 10.8 Å². The average Bonchev–Trinajstić information content (AvgIpc) is 2.25. The molecule has 0 saturated heterocycles. The summed E-state index contributed by atoms with van der Waals surface area (Å²) < 4.78 is 12.2. The van der Waals surface area contributed by atoms with Gasteiger partial charge in [0.05, 0.1) is 0 Å². The maximum atomic E-state index is 12.4. The van der Waals surface area contributed by atoms with Crippen LogP contribution in [0.3, 0.4) is 0 Å². The zero-order valence-corrected chi connectivity index (χ0v) is 13.9. The highest BCUT2D eigenvalue weighted by Gasteiger charge is 2.23. The second-order valence-electron chi connectivity index (χ2n) is 6.16. The van der Waals surface area contributed by atoms with E-state index in [1.54, 1.807) is 0 Å². The summed E-state index contributed by atoms with van der Waals surface area (Å²) in [6.45, 7) is 13.3. The minimum atomic E-state index is -0.845. The minimum Gasteiger partial charge on any atom is -0.309 e. The molecular formula is C16H27NOS. The fourth-order valence-corrected chi connectivity index (χ4v) is 3.24. The molecule has 1 N–H and O–H groups in total. The third kappa shape index (κ3) is 5.07. The Kier molecular flexibility index (Phi) is 5.75. The van der Waals surface area contributed by atoms with Gasteiger partial charge in [0, 0.05) is 27.3 Å². The molecule has 19 heavy (non-hydrogen) atoms. The van der Waals surface area contributed by atoms with Crippen LogP contribution in [0.1, 0.15) is 50.4 Å². The zero-order valence-electron chi connectivity index (χ0n) is 13.0. The first-order valence-electron chi connectivity index (χ1n) is 6.94. The van der Waals surface area contributed by atoms with Crippen LogP contribution in [0.5, 0.6) is 0 Å². The summed E-state index contributed by atoms with van der Waals surface area (Å²) >= 11 is 0. The molecule has 1 aromatic carbocycles. The average molecular weight is 281 g/mol. The number of hydrogen-bond acceptors (Lipinski definition) is 2. The molecule has 0 amide bonds. The normalized spacial score (nSPS) is 15.3. The van der Waals surface area contributed by atoms with Gasteiger partial charge in [0.15, 0.2) is 0 Å². The van der Waals surface area contributed by atoms with Gasteiger partial charge in [-0.1, -0.05) is 36.2 Å². The maximum absolute atomic E-state index is 12.4. The summed E-state index contributed by atoms with van der Waals surface area (Å²) in [6, 6.07) is 6.73. The quantitative estimate of drug-likeness (QED) is 0.895. The summed E-state index contributed by atoms with van der Waals surface area (Å²) in [5.41, 5.74) is 3.77. The van der Waals surface area contributed by atoms with Gasteiger partial charge in [-0.2, -0.15) is 0 Å². The molecule has 0 fully saturated rings. The van der Waals surface area contributed by atoms with Crippen molar-refractivity contribution in [2.75, 3.05) is 12.3 Å². The van der Waals surface area contributed by atoms with Crippen LogP contribution in [0.2, 0.25) is 0 Å². The molecule has 0 aromatic heterocycles. The van der Waals surface area contributed by atoms with Gasteiger partial charge in [-0.05, 0) is 46.7 Å². The third-order valence-electron chi connectivity index (χ3n) is 3.10. The standard InChI is InChI=1S/C16H27NOS/c1-7-17-15(11-19(18)16(4,5)6)14-9-12(2)8-13(3)10-14/h8-10,15,17H,7,11H2,1-6H3. The fourth-order valence-electron chi connectivity index (χ4n) is 2.13. The van der Waals surface area contributed by atoms with Crippen molar-refractivity contribution in [3.05, 3.63) is 34.9 Å². The first-order chi connectivity index (χ1) is 8.74. The predicted octanol–water partition coefficient (Wildman–Crippen LogP) is 3.50. The Morgan fingerprint density at radius 1 is 1.16 bits per heavy atom. The highest BCUT2D eigenvalue weighted by molar-refractivity contribution is 7.86. The zero-order chi connectivity index (χ0) is 14.6. The van der Waals surface area contributed by atoms with Crippen LogP contribution in [0.25, 0.3) is 0 Å². The van der Waals surface area contributed by atoms with Crippen molar-refractivity contribution >= 4 is 10.8 Å². The van der Waals surface area contributed by atoms with Crippen molar-refractivity contribution in [2.45, 2.75) is 52.3 Å². The van der Waals surface area contributed by atoms with E-state index in [-0.39, 0.29) is 10.8 Å². The molecule has 0 bridgehead atoms. The second-order valence-corrected chi connectivity index (χ2v) is 8.40. The van der Waals surface area contributed by atoms with E-state index in [0.717, 1.165) is 6.54 Å². The largest absolute Gasteiger partial charge is 0.309 e. The third-order valence-corrected chi connectivity index (χ3v) is 5.10. The van der Waals surface area contributed by atoms with Gasteiger partial charge >= 0.3 is 0 Å². The van der Waals surface area contributed by atoms with Gasteiger partial charge in [-0.15, -0.1) is 0 Å². The molecule has 2 unspecified atom stereocenters. The van der Waals surface area contributed by atoms with E-state index in [2.05, 4.69) is 44.3 Å². The van der Waals surface area contributed by atoms with Gasteiger partial charge < -0.3 is 5.32 Å². The summed E-state index contributed by atoms with van der Waals surface area (Å²) in [6.07, 6.45) is 0. The lowest BCUT2D eigenvalue weighted by atomic mass is 10.0. The lowest BCUT2D eigenvalue weighted by molar-refractivity contribution is 0.583. The van der Waals surface area contributed by atoms with E-state index in [0.29, 0.717) is 5.75 Å². The SMILES string of the molecule is CCNC(CS(=O)C(C)(C)C)c1cc(C)cc(C)c1. The number of rotatable bonds is 5. The summed E-state index contributed by atoms with van der Waals surface area (Å²) in [5.74, 6) is 0.667. The highest BCUT2D eigenvalue weighted by Crippen LogP contribution is 2.22. The molecule has 1 rings (SSSR count). The highest BCUT2D eigenvalue weighted by atomic mass is 32.2. The van der Waals surface area contributed by atoms with Gasteiger partial charge in [-0.3, -0.25) is 4.21 Å². The first-order valence-corrected chi connectivity index (χ1v) is 8.26. The first kappa shape index (κ1) is 16.4. The molecule has 1 aromatic rings. The number of hydrogen-bond donors (Lipinski definition) is 1. The van der Waals surface area contributed by atoms with E-state index in [1.165, 1.54) is 16.7 Å². The van der Waals surface area contributed by atoms with Crippen LogP contribution in [0, 0.1) is 13.8 Å². The lowest BCUT2D eigenvalue weighted by Gasteiger charge is -2.24. The van der Waals surface area contributed by atoms with Gasteiger partial charge in [0.2, 0.25) is 0 Å². The van der Waals surface area contributed by atoms with Crippen LogP contribution in [0.4, 0.5) is 0 Å². The van der Waals surface area contributed by atoms with Gasteiger partial charge in [-0.25, -0.2) is 0 Å². The van der Waals surface area contributed by atoms with Gasteiger partial charge in [0.1, 0.15) is 0 Å². The molecule has 2 nitrogen and oxygen atoms in total. The lowest BCUT2D eigenvalue weighted by Crippen LogP contribution is -2.32. The Balaban J connectivity index is 2.97. The van der Waals surface area contributed by atoms with Crippen LogP contribution in [-0.2, 0) is 10.8 Å². The Morgan fingerprint density at radius 2 is 1.68 bits per heavy atom. The Hall–Kier alpha value is -0.670. The maximum Gasteiger partial charge on any atom is 0.0437 e. The smallest absolute Gasteiger partial charge is 0.0437 e. The Morgan fingerprint density at radius 3 is 2.11 bits per heavy atom. The minimum absolute atomic E-state index is 0.160. The van der Waals surface area contributed by atoms with Crippen molar-refractivity contribution in [3.8, 4) is 0 Å². The predicted molar refractivity (Wildman–Crippen MR) is 85.1 cm³/mol. The Labute approximate surface area is 120 Å². The van der Waals surface area contributed by atoms with E-state index >= 15 is 0 Å². The van der Waals surface area contributed by atoms with Crippen molar-refractivity contribution in [3.63, 3.8) is 0 Å². The molecule has 0 spiro atoms. The molecule has 3 heteroatoms. The van der Waals surface area contributed by atoms with Crippen molar-refractivity contribution < 1.29 is 4.21 Å². The molecule has 0 saturated carbocycles. The van der Waals surface area contributed by atoms with Crippen LogP contribution >= 0.6 is 0 Å². The fraction of sp³-hybridized carbons (Fsp3) is 0.625. The monoisotopic (exact) mass is 281 g/mol. The molecule has 0 aliphatic heterocycles. The van der Waals surface area contributed by atoms with Crippen molar-refractivity contribution in [1.82, 2.24) is 5.32 Å².